The van der Waals surface area contributed by atoms with E-state index in [1.807, 2.05) is 6.07 Å². The molecular weight excluding hydrogens is 337 g/mol. The number of hydroxylamine groups is 1. The monoisotopic (exact) mass is 348 g/mol. The van der Waals surface area contributed by atoms with Crippen LogP contribution in [-0.4, -0.2) is 32.1 Å². The molecule has 1 aliphatic heterocycles. The fourth-order valence-electron chi connectivity index (χ4n) is 2.41. The molecule has 1 unspecified atom stereocenters. The second-order valence-electron chi connectivity index (χ2n) is 5.34. The Balaban J connectivity index is 1.74. The van der Waals surface area contributed by atoms with Crippen molar-refractivity contribution in [2.24, 2.45) is 4.99 Å². The Morgan fingerprint density at radius 2 is 2.04 bits per heavy atom. The Kier molecular flexibility index (Phi) is 3.42. The Labute approximate surface area is 139 Å². The van der Waals surface area contributed by atoms with Gasteiger partial charge in [0, 0.05) is 5.56 Å². The van der Waals surface area contributed by atoms with E-state index in [-0.39, 0.29) is 12.0 Å². The molecule has 0 fully saturated rings. The molecule has 0 saturated carbocycles. The number of imidazole rings is 1. The van der Waals surface area contributed by atoms with Gasteiger partial charge < -0.3 is 0 Å². The fraction of sp³-hybridized carbons (Fsp3) is 0.200. The van der Waals surface area contributed by atoms with E-state index in [9.17, 15) is 13.2 Å². The van der Waals surface area contributed by atoms with Gasteiger partial charge in [-0.2, -0.15) is 22.8 Å². The summed E-state index contributed by atoms with van der Waals surface area (Å²) < 4.78 is 39.5. The van der Waals surface area contributed by atoms with E-state index in [1.54, 1.807) is 31.5 Å². The summed E-state index contributed by atoms with van der Waals surface area (Å²) in [5, 5.41) is 5.34. The summed E-state index contributed by atoms with van der Waals surface area (Å²) in [7, 11) is 0. The number of benzene rings is 1. The number of rotatable bonds is 2. The maximum Gasteiger partial charge on any atom is 0.435 e. The van der Waals surface area contributed by atoms with Crippen LogP contribution in [0, 0.1) is 0 Å². The molecule has 0 N–H and O–H groups in total. The quantitative estimate of drug-likeness (QED) is 0.712. The molecular formula is C15H11F3N6O. The molecule has 128 valence electrons. The van der Waals surface area contributed by atoms with Crippen LogP contribution in [0.15, 0.2) is 41.7 Å². The van der Waals surface area contributed by atoms with Crippen molar-refractivity contribution < 1.29 is 18.0 Å². The van der Waals surface area contributed by atoms with E-state index in [4.69, 9.17) is 4.84 Å². The molecule has 25 heavy (non-hydrogen) atoms. The Bertz CT molecular complexity index is 967. The minimum Gasteiger partial charge on any atom is -0.241 e. The zero-order valence-corrected chi connectivity index (χ0v) is 12.8. The number of hydrogen-bond acceptors (Lipinski definition) is 6. The number of aromatic nitrogens is 4. The third-order valence-electron chi connectivity index (χ3n) is 3.57. The average molecular weight is 348 g/mol. The van der Waals surface area contributed by atoms with Crippen molar-refractivity contribution in [1.29, 1.82) is 0 Å². The number of anilines is 1. The molecule has 1 aromatic carbocycles. The van der Waals surface area contributed by atoms with Crippen molar-refractivity contribution in [3.63, 3.8) is 0 Å². The molecule has 0 spiro atoms. The van der Waals surface area contributed by atoms with Crippen LogP contribution in [0.4, 0.5) is 18.9 Å². The summed E-state index contributed by atoms with van der Waals surface area (Å²) in [4.78, 5) is 17.0. The summed E-state index contributed by atoms with van der Waals surface area (Å²) in [6.07, 6.45) is -1.17. The van der Waals surface area contributed by atoms with Gasteiger partial charge in [0.2, 0.25) is 0 Å². The highest BCUT2D eigenvalue weighted by Crippen LogP contribution is 2.29. The van der Waals surface area contributed by atoms with E-state index in [1.165, 1.54) is 15.8 Å². The number of halogens is 3. The lowest BCUT2D eigenvalue weighted by Crippen LogP contribution is -2.18. The summed E-state index contributed by atoms with van der Waals surface area (Å²) >= 11 is 0. The van der Waals surface area contributed by atoms with Gasteiger partial charge in [-0.3, -0.25) is 0 Å². The van der Waals surface area contributed by atoms with Crippen LogP contribution in [0.1, 0.15) is 12.6 Å². The predicted octanol–water partition coefficient (Wildman–Crippen LogP) is 2.94. The molecule has 0 saturated heterocycles. The number of aliphatic imine (C=N–C) groups is 1. The maximum atomic E-state index is 12.7. The topological polar surface area (TPSA) is 67.9 Å². The highest BCUT2D eigenvalue weighted by Gasteiger charge is 2.33. The fourth-order valence-corrected chi connectivity index (χ4v) is 2.41. The molecule has 3 aromatic rings. The largest absolute Gasteiger partial charge is 0.435 e. The second-order valence-corrected chi connectivity index (χ2v) is 5.34. The van der Waals surface area contributed by atoms with Crippen molar-refractivity contribution in [3.8, 4) is 11.3 Å². The van der Waals surface area contributed by atoms with Crippen LogP contribution in [0.25, 0.3) is 17.0 Å². The average Bonchev–Trinajstić information content (AvgIpc) is 3.20. The molecule has 1 aliphatic rings. The van der Waals surface area contributed by atoms with E-state index in [0.717, 1.165) is 5.69 Å². The lowest BCUT2D eigenvalue weighted by Gasteiger charge is -2.15. The van der Waals surface area contributed by atoms with Crippen LogP contribution in [0.3, 0.4) is 0 Å². The summed E-state index contributed by atoms with van der Waals surface area (Å²) in [6.45, 7) is 1.80. The molecule has 1 atom stereocenters. The molecule has 3 heterocycles. The molecule has 7 nitrogen and oxygen atoms in total. The van der Waals surface area contributed by atoms with Crippen LogP contribution in [-0.2, 0) is 11.0 Å². The van der Waals surface area contributed by atoms with E-state index >= 15 is 0 Å². The van der Waals surface area contributed by atoms with Gasteiger partial charge >= 0.3 is 6.18 Å². The zero-order chi connectivity index (χ0) is 17.6. The molecule has 2 aromatic heterocycles. The molecule has 0 bridgehead atoms. The smallest absolute Gasteiger partial charge is 0.241 e. The molecule has 0 aliphatic carbocycles. The minimum atomic E-state index is -4.57. The Morgan fingerprint density at radius 3 is 2.76 bits per heavy atom. The molecule has 10 heteroatoms. The molecule has 0 radical (unpaired) electrons. The first-order valence-corrected chi connectivity index (χ1v) is 7.29. The van der Waals surface area contributed by atoms with Crippen LogP contribution in [0.5, 0.6) is 0 Å². The van der Waals surface area contributed by atoms with E-state index in [2.05, 4.69) is 20.1 Å². The maximum absolute atomic E-state index is 12.7. The minimum absolute atomic E-state index is 0.122. The molecule has 4 rings (SSSR count). The van der Waals surface area contributed by atoms with Crippen molar-refractivity contribution >= 4 is 17.8 Å². The standard InChI is InChI=1S/C15H11F3N6O/c1-9-20-8-23(25-9)11-4-2-3-10(5-11)12-6-19-14-22-13(15(16,17)18)7-21-24(12)14/h2-9H,1H3. The predicted molar refractivity (Wildman–Crippen MR) is 82.7 cm³/mol. The Hall–Kier alpha value is -3.01. The SMILES string of the molecule is CC1N=CN(c2cccc(-c3cnc4nc(C(F)(F)F)cnn34)c2)O1. The van der Waals surface area contributed by atoms with Gasteiger partial charge in [-0.25, -0.2) is 24.9 Å². The van der Waals surface area contributed by atoms with Gasteiger partial charge in [0.15, 0.2) is 11.9 Å². The number of fused-ring (bicyclic) bond motifs is 1. The van der Waals surface area contributed by atoms with Crippen LogP contribution < -0.4 is 5.06 Å². The van der Waals surface area contributed by atoms with E-state index < -0.39 is 11.9 Å². The van der Waals surface area contributed by atoms with Crippen molar-refractivity contribution in [3.05, 3.63) is 42.4 Å². The third kappa shape index (κ3) is 2.80. The van der Waals surface area contributed by atoms with Crippen molar-refractivity contribution in [2.45, 2.75) is 19.3 Å². The van der Waals surface area contributed by atoms with Crippen molar-refractivity contribution in [1.82, 2.24) is 19.6 Å². The number of alkyl halides is 3. The van der Waals surface area contributed by atoms with Gasteiger partial charge in [-0.05, 0) is 19.1 Å². The van der Waals surface area contributed by atoms with Crippen LogP contribution in [0.2, 0.25) is 0 Å². The van der Waals surface area contributed by atoms with Gasteiger partial charge in [-0.1, -0.05) is 12.1 Å². The van der Waals surface area contributed by atoms with Crippen LogP contribution >= 0.6 is 0 Å². The third-order valence-corrected chi connectivity index (χ3v) is 3.57. The first-order chi connectivity index (χ1) is 11.9. The van der Waals surface area contributed by atoms with Gasteiger partial charge in [0.05, 0.1) is 23.8 Å². The van der Waals surface area contributed by atoms with Gasteiger partial charge in [-0.15, -0.1) is 0 Å². The Morgan fingerprint density at radius 1 is 1.20 bits per heavy atom. The number of hydrogen-bond donors (Lipinski definition) is 0. The molecule has 0 amide bonds. The van der Waals surface area contributed by atoms with E-state index in [0.29, 0.717) is 17.5 Å². The van der Waals surface area contributed by atoms with Gasteiger partial charge in [0.25, 0.3) is 5.78 Å². The first kappa shape index (κ1) is 15.5. The number of nitrogens with zero attached hydrogens (tertiary/aromatic N) is 6. The summed E-state index contributed by atoms with van der Waals surface area (Å²) in [5.74, 6) is -0.122. The second kappa shape index (κ2) is 5.52. The lowest BCUT2D eigenvalue weighted by molar-refractivity contribution is -0.141. The van der Waals surface area contributed by atoms with Gasteiger partial charge in [0.1, 0.15) is 6.34 Å². The first-order valence-electron chi connectivity index (χ1n) is 7.29. The highest BCUT2D eigenvalue weighted by atomic mass is 19.4. The zero-order valence-electron chi connectivity index (χ0n) is 12.8. The summed E-state index contributed by atoms with van der Waals surface area (Å²) in [6, 6.07) is 7.21. The lowest BCUT2D eigenvalue weighted by atomic mass is 10.1. The normalized spacial score (nSPS) is 17.6. The highest BCUT2D eigenvalue weighted by molar-refractivity contribution is 5.80. The summed E-state index contributed by atoms with van der Waals surface area (Å²) in [5.41, 5.74) is 0.861. The van der Waals surface area contributed by atoms with Crippen molar-refractivity contribution in [2.75, 3.05) is 5.06 Å².